The molecule has 4 nitrogen and oxygen atoms in total. The van der Waals surface area contributed by atoms with E-state index in [9.17, 15) is 4.79 Å². The molecule has 0 saturated heterocycles. The van der Waals surface area contributed by atoms with E-state index in [0.29, 0.717) is 11.3 Å². The van der Waals surface area contributed by atoms with E-state index in [1.54, 1.807) is 19.4 Å². The van der Waals surface area contributed by atoms with E-state index in [4.69, 9.17) is 9.47 Å². The second-order valence-corrected chi connectivity index (χ2v) is 3.27. The van der Waals surface area contributed by atoms with Gasteiger partial charge >= 0.3 is 5.97 Å². The summed E-state index contributed by atoms with van der Waals surface area (Å²) in [4.78, 5) is 15.5. The highest BCUT2D eigenvalue weighted by Gasteiger charge is 2.11. The van der Waals surface area contributed by atoms with Crippen molar-refractivity contribution in [2.24, 2.45) is 0 Å². The number of benzene rings is 1. The van der Waals surface area contributed by atoms with Crippen LogP contribution < -0.4 is 4.74 Å². The Morgan fingerprint density at radius 1 is 1.24 bits per heavy atom. The quantitative estimate of drug-likeness (QED) is 0.772. The fraction of sp³-hybridized carbons (Fsp3) is 0.167. The lowest BCUT2D eigenvalue weighted by atomic mass is 10.1. The second-order valence-electron chi connectivity index (χ2n) is 3.27. The maximum atomic E-state index is 11.5. The van der Waals surface area contributed by atoms with Crippen molar-refractivity contribution < 1.29 is 14.3 Å². The Bertz CT molecular complexity index is 542. The summed E-state index contributed by atoms with van der Waals surface area (Å²) < 4.78 is 9.82. The number of carbonyl (C=O) groups is 1. The maximum Gasteiger partial charge on any atom is 0.340 e. The number of hydrogen-bond donors (Lipinski definition) is 0. The molecule has 0 spiro atoms. The predicted octanol–water partition coefficient (Wildman–Crippen LogP) is 2.45. The molecule has 0 aliphatic rings. The topological polar surface area (TPSA) is 48.4 Å². The number of pyridine rings is 1. The van der Waals surface area contributed by atoms with Crippen molar-refractivity contribution in [1.82, 2.24) is 4.98 Å². The smallest absolute Gasteiger partial charge is 0.340 e. The molecule has 0 aliphatic heterocycles. The number of rotatable bonds is 2. The van der Waals surface area contributed by atoms with E-state index < -0.39 is 5.97 Å². The maximum absolute atomic E-state index is 11.5. The van der Waals surface area contributed by atoms with Gasteiger partial charge in [0.25, 0.3) is 0 Å². The predicted molar refractivity (Wildman–Crippen MR) is 66.9 cm³/mol. The van der Waals surface area contributed by atoms with Crippen LogP contribution >= 0.6 is 12.4 Å². The van der Waals surface area contributed by atoms with E-state index >= 15 is 0 Å². The second kappa shape index (κ2) is 5.50. The minimum atomic E-state index is -0.397. The number of fused-ring (bicyclic) bond motifs is 1. The minimum Gasteiger partial charge on any atom is -0.497 e. The third-order valence-electron chi connectivity index (χ3n) is 2.37. The summed E-state index contributed by atoms with van der Waals surface area (Å²) in [7, 11) is 2.93. The van der Waals surface area contributed by atoms with Gasteiger partial charge in [-0.05, 0) is 18.2 Å². The van der Waals surface area contributed by atoms with Gasteiger partial charge in [0.05, 0.1) is 19.8 Å². The molecule has 0 N–H and O–H groups in total. The van der Waals surface area contributed by atoms with Crippen molar-refractivity contribution in [2.75, 3.05) is 14.2 Å². The van der Waals surface area contributed by atoms with E-state index in [2.05, 4.69) is 4.98 Å². The van der Waals surface area contributed by atoms with Crippen molar-refractivity contribution in [3.8, 4) is 5.75 Å². The highest BCUT2D eigenvalue weighted by molar-refractivity contribution is 6.04. The van der Waals surface area contributed by atoms with Crippen molar-refractivity contribution in [3.63, 3.8) is 0 Å². The van der Waals surface area contributed by atoms with Gasteiger partial charge in [-0.15, -0.1) is 12.4 Å². The Morgan fingerprint density at radius 3 is 2.65 bits per heavy atom. The first-order chi connectivity index (χ1) is 7.76. The monoisotopic (exact) mass is 253 g/mol. The van der Waals surface area contributed by atoms with E-state index in [1.807, 2.05) is 12.1 Å². The molecule has 1 aromatic heterocycles. The molecular formula is C12H12ClNO3. The van der Waals surface area contributed by atoms with Crippen molar-refractivity contribution >= 4 is 29.1 Å². The molecular weight excluding hydrogens is 242 g/mol. The molecule has 2 rings (SSSR count). The number of hydrogen-bond acceptors (Lipinski definition) is 4. The van der Waals surface area contributed by atoms with Crippen molar-refractivity contribution in [1.29, 1.82) is 0 Å². The van der Waals surface area contributed by atoms with Crippen LogP contribution in [0.25, 0.3) is 10.8 Å². The zero-order valence-corrected chi connectivity index (χ0v) is 10.3. The van der Waals surface area contributed by atoms with Gasteiger partial charge < -0.3 is 9.47 Å². The lowest BCUT2D eigenvalue weighted by Gasteiger charge is -2.06. The Labute approximate surface area is 105 Å². The SMILES string of the molecule is COC(=O)c1cncc2ccc(OC)cc12.Cl. The fourth-order valence-electron chi connectivity index (χ4n) is 1.54. The number of nitrogens with zero attached hydrogens (tertiary/aromatic N) is 1. The van der Waals surface area contributed by atoms with Gasteiger partial charge in [-0.2, -0.15) is 0 Å². The number of esters is 1. The molecule has 0 fully saturated rings. The highest BCUT2D eigenvalue weighted by Crippen LogP contribution is 2.23. The van der Waals surface area contributed by atoms with E-state index in [-0.39, 0.29) is 12.4 Å². The van der Waals surface area contributed by atoms with Gasteiger partial charge in [-0.25, -0.2) is 4.79 Å². The standard InChI is InChI=1S/C12H11NO3.ClH/c1-15-9-4-3-8-6-13-7-11(10(8)5-9)12(14)16-2;/h3-7H,1-2H3;1H. The number of aromatic nitrogens is 1. The van der Waals surface area contributed by atoms with Crippen LogP contribution in [0.3, 0.4) is 0 Å². The van der Waals surface area contributed by atoms with Crippen LogP contribution in [0.15, 0.2) is 30.6 Å². The van der Waals surface area contributed by atoms with Gasteiger partial charge in [-0.1, -0.05) is 0 Å². The van der Waals surface area contributed by atoms with Crippen LogP contribution in [0.5, 0.6) is 5.75 Å². The first-order valence-corrected chi connectivity index (χ1v) is 4.76. The number of ether oxygens (including phenoxy) is 2. The molecule has 0 bridgehead atoms. The molecule has 90 valence electrons. The average Bonchev–Trinajstić information content (AvgIpc) is 2.36. The van der Waals surface area contributed by atoms with Crippen LogP contribution in [-0.4, -0.2) is 25.2 Å². The Balaban J connectivity index is 0.00000144. The van der Waals surface area contributed by atoms with Crippen molar-refractivity contribution in [3.05, 3.63) is 36.2 Å². The van der Waals surface area contributed by atoms with Gasteiger partial charge in [-0.3, -0.25) is 4.98 Å². The van der Waals surface area contributed by atoms with Gasteiger partial charge in [0.1, 0.15) is 5.75 Å². The zero-order valence-electron chi connectivity index (χ0n) is 9.47. The normalized spacial score (nSPS) is 9.53. The lowest BCUT2D eigenvalue weighted by molar-refractivity contribution is 0.0602. The van der Waals surface area contributed by atoms with Crippen LogP contribution in [0, 0.1) is 0 Å². The van der Waals surface area contributed by atoms with E-state index in [1.165, 1.54) is 13.3 Å². The molecule has 0 aliphatic carbocycles. The van der Waals surface area contributed by atoms with Gasteiger partial charge in [0, 0.05) is 23.2 Å². The fourth-order valence-corrected chi connectivity index (χ4v) is 1.54. The van der Waals surface area contributed by atoms with Crippen LogP contribution in [0.4, 0.5) is 0 Å². The first-order valence-electron chi connectivity index (χ1n) is 4.76. The Kier molecular flexibility index (Phi) is 4.29. The van der Waals surface area contributed by atoms with E-state index in [0.717, 1.165) is 10.8 Å². The molecule has 0 saturated carbocycles. The molecule has 0 atom stereocenters. The Morgan fingerprint density at radius 2 is 2.00 bits per heavy atom. The Hall–Kier alpha value is -1.81. The molecule has 0 amide bonds. The molecule has 17 heavy (non-hydrogen) atoms. The van der Waals surface area contributed by atoms with Crippen LogP contribution in [0.2, 0.25) is 0 Å². The third kappa shape index (κ3) is 2.47. The van der Waals surface area contributed by atoms with Gasteiger partial charge in [0.15, 0.2) is 0 Å². The lowest BCUT2D eigenvalue weighted by Crippen LogP contribution is -2.02. The molecule has 1 aromatic carbocycles. The van der Waals surface area contributed by atoms with Crippen molar-refractivity contribution in [2.45, 2.75) is 0 Å². The molecule has 5 heteroatoms. The number of halogens is 1. The van der Waals surface area contributed by atoms with Crippen LogP contribution in [0.1, 0.15) is 10.4 Å². The number of carbonyl (C=O) groups excluding carboxylic acids is 1. The number of methoxy groups -OCH3 is 2. The zero-order chi connectivity index (χ0) is 11.5. The van der Waals surface area contributed by atoms with Crippen LogP contribution in [-0.2, 0) is 4.74 Å². The average molecular weight is 254 g/mol. The summed E-state index contributed by atoms with van der Waals surface area (Å²) in [5.74, 6) is 0.301. The molecule has 2 aromatic rings. The highest BCUT2D eigenvalue weighted by atomic mass is 35.5. The summed E-state index contributed by atoms with van der Waals surface area (Å²) in [6.07, 6.45) is 3.19. The third-order valence-corrected chi connectivity index (χ3v) is 2.37. The summed E-state index contributed by atoms with van der Waals surface area (Å²) in [5.41, 5.74) is 0.443. The van der Waals surface area contributed by atoms with Gasteiger partial charge in [0.2, 0.25) is 0 Å². The molecule has 0 radical (unpaired) electrons. The first kappa shape index (κ1) is 13.3. The summed E-state index contributed by atoms with van der Waals surface area (Å²) in [5, 5.41) is 1.66. The minimum absolute atomic E-state index is 0. The largest absolute Gasteiger partial charge is 0.497 e. The summed E-state index contributed by atoms with van der Waals surface area (Å²) in [6.45, 7) is 0. The summed E-state index contributed by atoms with van der Waals surface area (Å²) >= 11 is 0. The molecule has 1 heterocycles. The summed E-state index contributed by atoms with van der Waals surface area (Å²) in [6, 6.07) is 5.47. The molecule has 0 unspecified atom stereocenters.